The van der Waals surface area contributed by atoms with Crippen LogP contribution in [0.5, 0.6) is 0 Å². The average molecular weight is 360 g/mol. The molecule has 0 saturated heterocycles. The quantitative estimate of drug-likeness (QED) is 0.659. The van der Waals surface area contributed by atoms with E-state index >= 15 is 0 Å². The molecule has 0 aliphatic carbocycles. The van der Waals surface area contributed by atoms with Crippen molar-refractivity contribution in [2.75, 3.05) is 13.2 Å². The molecule has 3 heterocycles. The summed E-state index contributed by atoms with van der Waals surface area (Å²) in [5.74, 6) is -0.777. The number of nitrogens with one attached hydrogen (secondary N) is 1. The largest absolute Gasteiger partial charge is 0.451 e. The maximum absolute atomic E-state index is 12.2. The number of ether oxygens (including phenoxy) is 1. The highest BCUT2D eigenvalue weighted by atomic mass is 32.1. The van der Waals surface area contributed by atoms with Crippen LogP contribution in [0.25, 0.3) is 5.69 Å². The van der Waals surface area contributed by atoms with Gasteiger partial charge < -0.3 is 14.6 Å². The highest BCUT2D eigenvalue weighted by molar-refractivity contribution is 7.12. The van der Waals surface area contributed by atoms with E-state index in [0.29, 0.717) is 11.4 Å². The van der Waals surface area contributed by atoms with Gasteiger partial charge in [-0.25, -0.2) is 4.79 Å². The van der Waals surface area contributed by atoms with Crippen LogP contribution in [0, 0.1) is 0 Å². The second kappa shape index (κ2) is 7.94. The van der Waals surface area contributed by atoms with E-state index in [1.54, 1.807) is 11.3 Å². The molecule has 1 N–H and O–H groups in total. The molecular weight excluding hydrogens is 344 g/mol. The number of hydrogen-bond donors (Lipinski definition) is 1. The summed E-state index contributed by atoms with van der Waals surface area (Å²) in [6.07, 6.45) is 4.49. The Hall–Kier alpha value is -2.38. The molecule has 0 fully saturated rings. The molecule has 7 heteroatoms. The van der Waals surface area contributed by atoms with Gasteiger partial charge >= 0.3 is 5.97 Å². The van der Waals surface area contributed by atoms with E-state index < -0.39 is 5.97 Å². The molecule has 0 aromatic carbocycles. The molecule has 0 unspecified atom stereocenters. The fourth-order valence-electron chi connectivity index (χ4n) is 2.18. The van der Waals surface area contributed by atoms with Gasteiger partial charge in [0.2, 0.25) is 0 Å². The number of carbonyl (C=O) groups is 2. The lowest BCUT2D eigenvalue weighted by molar-refractivity contribution is -0.124. The monoisotopic (exact) mass is 360 g/mol. The number of esters is 1. The Morgan fingerprint density at radius 1 is 1.08 bits per heavy atom. The van der Waals surface area contributed by atoms with Crippen LogP contribution in [0.15, 0.2) is 53.5 Å². The van der Waals surface area contributed by atoms with Gasteiger partial charge in [0.25, 0.3) is 5.91 Å². The number of amides is 1. The van der Waals surface area contributed by atoms with E-state index in [9.17, 15) is 9.59 Å². The minimum Gasteiger partial charge on any atom is -0.451 e. The van der Waals surface area contributed by atoms with Gasteiger partial charge in [0.05, 0.1) is 5.69 Å². The predicted octanol–water partition coefficient (Wildman–Crippen LogP) is 3.12. The lowest BCUT2D eigenvalue weighted by atomic mass is 10.3. The molecule has 124 valence electrons. The number of thiophene rings is 2. The fraction of sp³-hybridized carbons (Fsp3) is 0.176. The molecular formula is C17H16N2O3S2. The third-order valence-corrected chi connectivity index (χ3v) is 5.14. The standard InChI is InChI=1S/C17H16N2O3S2/c20-15(18-7-5-13-4-3-10-23-13)12-22-17(21)16-14(6-11-24-16)19-8-1-2-9-19/h1-4,6,8-11H,5,7,12H2,(H,18,20). The highest BCUT2D eigenvalue weighted by Crippen LogP contribution is 2.22. The van der Waals surface area contributed by atoms with Crippen LogP contribution in [0.4, 0.5) is 0 Å². The topological polar surface area (TPSA) is 60.3 Å². The van der Waals surface area contributed by atoms with Crippen molar-refractivity contribution in [3.63, 3.8) is 0 Å². The molecule has 0 bridgehead atoms. The molecule has 3 rings (SSSR count). The minimum absolute atomic E-state index is 0.272. The van der Waals surface area contributed by atoms with Crippen molar-refractivity contribution in [1.29, 1.82) is 0 Å². The first-order valence-corrected chi connectivity index (χ1v) is 9.17. The van der Waals surface area contributed by atoms with E-state index in [4.69, 9.17) is 4.74 Å². The van der Waals surface area contributed by atoms with Crippen LogP contribution in [0.1, 0.15) is 14.5 Å². The third kappa shape index (κ3) is 4.12. The number of carbonyl (C=O) groups excluding carboxylic acids is 2. The van der Waals surface area contributed by atoms with Crippen LogP contribution in [0.3, 0.4) is 0 Å². The number of nitrogens with zero attached hydrogens (tertiary/aromatic N) is 1. The predicted molar refractivity (Wildman–Crippen MR) is 95.0 cm³/mol. The van der Waals surface area contributed by atoms with Crippen LogP contribution in [0.2, 0.25) is 0 Å². The Morgan fingerprint density at radius 2 is 1.92 bits per heavy atom. The van der Waals surface area contributed by atoms with Crippen molar-refractivity contribution in [2.24, 2.45) is 0 Å². The van der Waals surface area contributed by atoms with Crippen LogP contribution >= 0.6 is 22.7 Å². The smallest absolute Gasteiger partial charge is 0.350 e. The molecule has 3 aromatic rings. The molecule has 0 aliphatic rings. The van der Waals surface area contributed by atoms with Gasteiger partial charge in [-0.1, -0.05) is 6.07 Å². The second-order valence-corrected chi connectivity index (χ2v) is 6.93. The van der Waals surface area contributed by atoms with E-state index in [1.807, 2.05) is 58.1 Å². The molecule has 0 radical (unpaired) electrons. The summed E-state index contributed by atoms with van der Waals surface area (Å²) < 4.78 is 6.96. The molecule has 24 heavy (non-hydrogen) atoms. The zero-order valence-electron chi connectivity index (χ0n) is 12.8. The SMILES string of the molecule is O=C(COC(=O)c1sccc1-n1cccc1)NCCc1cccs1. The maximum Gasteiger partial charge on any atom is 0.350 e. The Kier molecular flexibility index (Phi) is 5.45. The van der Waals surface area contributed by atoms with E-state index in [-0.39, 0.29) is 12.5 Å². The van der Waals surface area contributed by atoms with Crippen molar-refractivity contribution >= 4 is 34.6 Å². The zero-order valence-corrected chi connectivity index (χ0v) is 14.4. The average Bonchev–Trinajstić information content (AvgIpc) is 3.33. The summed E-state index contributed by atoms with van der Waals surface area (Å²) >= 11 is 2.95. The zero-order chi connectivity index (χ0) is 16.8. The van der Waals surface area contributed by atoms with Gasteiger partial charge in [-0.15, -0.1) is 22.7 Å². The summed E-state index contributed by atoms with van der Waals surface area (Å²) in [6, 6.07) is 9.62. The molecule has 1 amide bonds. The van der Waals surface area contributed by atoms with Crippen molar-refractivity contribution in [3.05, 3.63) is 63.2 Å². The lowest BCUT2D eigenvalue weighted by Gasteiger charge is -2.07. The van der Waals surface area contributed by atoms with Gasteiger partial charge in [-0.2, -0.15) is 0 Å². The van der Waals surface area contributed by atoms with Crippen LogP contribution in [-0.2, 0) is 16.0 Å². The van der Waals surface area contributed by atoms with Crippen molar-refractivity contribution in [1.82, 2.24) is 9.88 Å². The first-order chi connectivity index (χ1) is 11.7. The third-order valence-electron chi connectivity index (χ3n) is 3.32. The summed E-state index contributed by atoms with van der Waals surface area (Å²) in [5.41, 5.74) is 0.758. The van der Waals surface area contributed by atoms with E-state index in [1.165, 1.54) is 16.2 Å². The second-order valence-electron chi connectivity index (χ2n) is 4.98. The van der Waals surface area contributed by atoms with E-state index in [0.717, 1.165) is 12.1 Å². The Morgan fingerprint density at radius 3 is 2.67 bits per heavy atom. The first kappa shape index (κ1) is 16.5. The van der Waals surface area contributed by atoms with Gasteiger partial charge in [-0.3, -0.25) is 4.79 Å². The Labute approximate surface area is 147 Å². The summed E-state index contributed by atoms with van der Waals surface area (Å²) in [5, 5.41) is 6.58. The minimum atomic E-state index is -0.484. The van der Waals surface area contributed by atoms with Gasteiger partial charge in [0, 0.05) is 23.8 Å². The highest BCUT2D eigenvalue weighted by Gasteiger charge is 2.17. The van der Waals surface area contributed by atoms with Gasteiger partial charge in [-0.05, 0) is 41.4 Å². The normalized spacial score (nSPS) is 10.5. The first-order valence-electron chi connectivity index (χ1n) is 7.41. The maximum atomic E-state index is 12.2. The van der Waals surface area contributed by atoms with Crippen LogP contribution < -0.4 is 5.32 Å². The number of rotatable bonds is 7. The Bertz CT molecular complexity index is 792. The molecule has 5 nitrogen and oxygen atoms in total. The number of hydrogen-bond acceptors (Lipinski definition) is 5. The van der Waals surface area contributed by atoms with Crippen molar-refractivity contribution in [2.45, 2.75) is 6.42 Å². The molecule has 0 saturated carbocycles. The Balaban J connectivity index is 1.47. The number of aromatic nitrogens is 1. The lowest BCUT2D eigenvalue weighted by Crippen LogP contribution is -2.30. The molecule has 0 spiro atoms. The van der Waals surface area contributed by atoms with E-state index in [2.05, 4.69) is 5.32 Å². The summed E-state index contributed by atoms with van der Waals surface area (Å²) in [7, 11) is 0. The summed E-state index contributed by atoms with van der Waals surface area (Å²) in [4.78, 5) is 25.7. The van der Waals surface area contributed by atoms with Gasteiger partial charge in [0.15, 0.2) is 6.61 Å². The van der Waals surface area contributed by atoms with Gasteiger partial charge in [0.1, 0.15) is 4.88 Å². The summed E-state index contributed by atoms with van der Waals surface area (Å²) in [6.45, 7) is 0.261. The molecule has 0 aliphatic heterocycles. The fourth-order valence-corrected chi connectivity index (χ4v) is 3.67. The molecule has 3 aromatic heterocycles. The van der Waals surface area contributed by atoms with Crippen molar-refractivity contribution < 1.29 is 14.3 Å². The van der Waals surface area contributed by atoms with Crippen molar-refractivity contribution in [3.8, 4) is 5.69 Å². The molecule has 0 atom stereocenters. The van der Waals surface area contributed by atoms with Crippen LogP contribution in [-0.4, -0.2) is 29.6 Å².